The third-order valence-corrected chi connectivity index (χ3v) is 7.11. The summed E-state index contributed by atoms with van der Waals surface area (Å²) in [6, 6.07) is 9.11. The lowest BCUT2D eigenvalue weighted by atomic mass is 9.82. The van der Waals surface area contributed by atoms with Crippen molar-refractivity contribution in [1.29, 1.82) is 0 Å². The zero-order valence-electron chi connectivity index (χ0n) is 20.1. The van der Waals surface area contributed by atoms with E-state index in [1.807, 2.05) is 31.4 Å². The van der Waals surface area contributed by atoms with E-state index in [0.29, 0.717) is 44.2 Å². The van der Waals surface area contributed by atoms with Gasteiger partial charge in [-0.05, 0) is 37.6 Å². The van der Waals surface area contributed by atoms with E-state index < -0.39 is 5.60 Å². The van der Waals surface area contributed by atoms with Crippen LogP contribution in [0.15, 0.2) is 48.1 Å². The summed E-state index contributed by atoms with van der Waals surface area (Å²) in [6.45, 7) is 3.99. The van der Waals surface area contributed by atoms with Crippen LogP contribution in [0.4, 0.5) is 0 Å². The summed E-state index contributed by atoms with van der Waals surface area (Å²) in [5.74, 6) is 0.569. The summed E-state index contributed by atoms with van der Waals surface area (Å²) >= 11 is 8.33. The minimum atomic E-state index is -1.61. The molecule has 0 aliphatic heterocycles. The Bertz CT molecular complexity index is 1560. The van der Waals surface area contributed by atoms with Crippen molar-refractivity contribution in [2.75, 3.05) is 7.11 Å². The average molecular weight is 523 g/mol. The first kappa shape index (κ1) is 24.1. The molecule has 36 heavy (non-hydrogen) atoms. The van der Waals surface area contributed by atoms with Crippen molar-refractivity contribution in [3.05, 3.63) is 86.3 Å². The number of aryl methyl sites for hydroxylation is 3. The molecule has 9 nitrogen and oxygen atoms in total. The second-order valence-electron chi connectivity index (χ2n) is 8.25. The number of benzene rings is 1. The molecular formula is C25H23ClN6O3S. The Balaban J connectivity index is 1.70. The number of methoxy groups -OCH3 is 1. The van der Waals surface area contributed by atoms with Crippen LogP contribution < -0.4 is 9.47 Å². The highest BCUT2D eigenvalue weighted by molar-refractivity contribution is 7.09. The smallest absolute Gasteiger partial charge is 0.258 e. The standard InChI is InChI=1S/C25H23ClN6O3S/c1-14-5-7-18(15(2)29-14)25(33,20-12-28-31-32(20)3)16-6-8-19-17(11-16)22(26)23(24(30-19)34-4)35-13-21-27-9-10-36-21/h5-12,33H,13H2,1-4H3/t25-/m0/s1. The maximum atomic E-state index is 12.3. The van der Waals surface area contributed by atoms with Gasteiger partial charge in [-0.3, -0.25) is 4.98 Å². The van der Waals surface area contributed by atoms with E-state index in [9.17, 15) is 5.11 Å². The normalized spacial score (nSPS) is 13.1. The highest BCUT2D eigenvalue weighted by atomic mass is 35.5. The summed E-state index contributed by atoms with van der Waals surface area (Å²) in [4.78, 5) is 13.4. The van der Waals surface area contributed by atoms with Crippen LogP contribution in [0.5, 0.6) is 11.6 Å². The molecule has 4 aromatic heterocycles. The van der Waals surface area contributed by atoms with E-state index in [1.165, 1.54) is 18.4 Å². The summed E-state index contributed by atoms with van der Waals surface area (Å²) in [7, 11) is 3.24. The van der Waals surface area contributed by atoms with E-state index in [-0.39, 0.29) is 12.5 Å². The second kappa shape index (κ2) is 9.45. The number of pyridine rings is 2. The maximum Gasteiger partial charge on any atom is 0.258 e. The van der Waals surface area contributed by atoms with Crippen LogP contribution in [0.2, 0.25) is 5.02 Å². The van der Waals surface area contributed by atoms with Gasteiger partial charge < -0.3 is 14.6 Å². The predicted molar refractivity (Wildman–Crippen MR) is 137 cm³/mol. The molecule has 4 heterocycles. The van der Waals surface area contributed by atoms with Crippen molar-refractivity contribution in [1.82, 2.24) is 29.9 Å². The number of ether oxygens (including phenoxy) is 2. The monoisotopic (exact) mass is 522 g/mol. The highest BCUT2D eigenvalue weighted by Gasteiger charge is 2.39. The Hall–Kier alpha value is -3.60. The van der Waals surface area contributed by atoms with E-state index in [0.717, 1.165) is 10.7 Å². The number of aliphatic hydroxyl groups is 1. The quantitative estimate of drug-likeness (QED) is 0.336. The number of rotatable bonds is 7. The Morgan fingerprint density at radius 2 is 2.00 bits per heavy atom. The molecule has 0 aliphatic carbocycles. The molecule has 0 amide bonds. The number of fused-ring (bicyclic) bond motifs is 1. The first-order valence-electron chi connectivity index (χ1n) is 11.0. The van der Waals surface area contributed by atoms with Gasteiger partial charge in [-0.25, -0.2) is 14.6 Å². The fourth-order valence-corrected chi connectivity index (χ4v) is 5.07. The first-order chi connectivity index (χ1) is 17.3. The van der Waals surface area contributed by atoms with E-state index in [1.54, 1.807) is 42.3 Å². The highest BCUT2D eigenvalue weighted by Crippen LogP contribution is 2.43. The Kier molecular flexibility index (Phi) is 6.33. The Morgan fingerprint density at radius 3 is 2.67 bits per heavy atom. The summed E-state index contributed by atoms with van der Waals surface area (Å²) < 4.78 is 13.0. The van der Waals surface area contributed by atoms with Crippen LogP contribution in [0.1, 0.15) is 33.2 Å². The number of hydrogen-bond donors (Lipinski definition) is 1. The summed E-state index contributed by atoms with van der Waals surface area (Å²) in [5, 5.41) is 24.0. The van der Waals surface area contributed by atoms with Gasteiger partial charge in [-0.2, -0.15) is 0 Å². The van der Waals surface area contributed by atoms with Crippen LogP contribution in [0.25, 0.3) is 10.9 Å². The molecule has 11 heteroatoms. The van der Waals surface area contributed by atoms with Crippen LogP contribution in [-0.2, 0) is 19.3 Å². The topological polar surface area (TPSA) is 108 Å². The zero-order valence-corrected chi connectivity index (χ0v) is 21.6. The number of aromatic nitrogens is 6. The van der Waals surface area contributed by atoms with Gasteiger partial charge >= 0.3 is 0 Å². The molecule has 1 aromatic carbocycles. The number of nitrogens with zero attached hydrogens (tertiary/aromatic N) is 6. The van der Waals surface area contributed by atoms with Crippen molar-refractivity contribution < 1.29 is 14.6 Å². The molecular weight excluding hydrogens is 500 g/mol. The van der Waals surface area contributed by atoms with Crippen molar-refractivity contribution in [2.45, 2.75) is 26.1 Å². The largest absolute Gasteiger partial charge is 0.479 e. The van der Waals surface area contributed by atoms with Crippen molar-refractivity contribution >= 4 is 33.8 Å². The van der Waals surface area contributed by atoms with E-state index in [2.05, 4.69) is 25.3 Å². The SMILES string of the molecule is COc1nc2ccc([C@](O)(c3ccc(C)nc3C)c3cnnn3C)cc2c(Cl)c1OCc1nccs1. The van der Waals surface area contributed by atoms with E-state index >= 15 is 0 Å². The van der Waals surface area contributed by atoms with Crippen molar-refractivity contribution in [3.63, 3.8) is 0 Å². The number of thiazole rings is 1. The lowest BCUT2D eigenvalue weighted by Gasteiger charge is -2.30. The van der Waals surface area contributed by atoms with Gasteiger partial charge in [-0.15, -0.1) is 16.4 Å². The lowest BCUT2D eigenvalue weighted by Crippen LogP contribution is -2.32. The Labute approximate surface area is 216 Å². The molecule has 1 atom stereocenters. The van der Waals surface area contributed by atoms with Gasteiger partial charge in [0.1, 0.15) is 11.6 Å². The van der Waals surface area contributed by atoms with Crippen molar-refractivity contribution in [3.8, 4) is 11.6 Å². The third-order valence-electron chi connectivity index (χ3n) is 5.98. The predicted octanol–water partition coefficient (Wildman–Crippen LogP) is 4.36. The van der Waals surface area contributed by atoms with Crippen LogP contribution >= 0.6 is 22.9 Å². The maximum absolute atomic E-state index is 12.3. The van der Waals surface area contributed by atoms with Gasteiger partial charge in [0, 0.05) is 41.0 Å². The number of hydrogen-bond acceptors (Lipinski definition) is 9. The second-order valence-corrected chi connectivity index (χ2v) is 9.61. The average Bonchev–Trinajstić information content (AvgIpc) is 3.54. The van der Waals surface area contributed by atoms with Crippen LogP contribution in [0.3, 0.4) is 0 Å². The van der Waals surface area contributed by atoms with Crippen molar-refractivity contribution in [2.24, 2.45) is 7.05 Å². The van der Waals surface area contributed by atoms with Gasteiger partial charge in [0.05, 0.1) is 29.5 Å². The van der Waals surface area contributed by atoms with Gasteiger partial charge in [-0.1, -0.05) is 28.9 Å². The molecule has 0 fully saturated rings. The molecule has 1 N–H and O–H groups in total. The molecule has 0 bridgehead atoms. The lowest BCUT2D eigenvalue weighted by molar-refractivity contribution is 0.115. The summed E-state index contributed by atoms with van der Waals surface area (Å²) in [5.41, 5.74) is 2.15. The van der Waals surface area contributed by atoms with Crippen LogP contribution in [0, 0.1) is 13.8 Å². The fraction of sp³-hybridized carbons (Fsp3) is 0.240. The Morgan fingerprint density at radius 1 is 1.17 bits per heavy atom. The fourth-order valence-electron chi connectivity index (χ4n) is 4.26. The summed E-state index contributed by atoms with van der Waals surface area (Å²) in [6.07, 6.45) is 3.25. The van der Waals surface area contributed by atoms with Gasteiger partial charge in [0.15, 0.2) is 5.60 Å². The van der Waals surface area contributed by atoms with E-state index in [4.69, 9.17) is 21.1 Å². The molecule has 5 aromatic rings. The van der Waals surface area contributed by atoms with Crippen LogP contribution in [-0.4, -0.2) is 42.2 Å². The first-order valence-corrected chi connectivity index (χ1v) is 12.3. The molecule has 0 spiro atoms. The molecule has 0 unspecified atom stereocenters. The molecule has 0 aliphatic rings. The minimum Gasteiger partial charge on any atom is -0.479 e. The molecule has 0 saturated carbocycles. The number of halogens is 1. The van der Waals surface area contributed by atoms with Gasteiger partial charge in [0.2, 0.25) is 5.75 Å². The minimum absolute atomic E-state index is 0.222. The molecule has 184 valence electrons. The van der Waals surface area contributed by atoms with Gasteiger partial charge in [0.25, 0.3) is 5.88 Å². The molecule has 0 saturated heterocycles. The molecule has 0 radical (unpaired) electrons. The third kappa shape index (κ3) is 4.06. The zero-order chi connectivity index (χ0) is 25.4. The molecule has 5 rings (SSSR count).